The number of carbonyl (C=O) groups excluding carboxylic acids is 1. The van der Waals surface area contributed by atoms with E-state index in [1.807, 2.05) is 11.0 Å². The highest BCUT2D eigenvalue weighted by molar-refractivity contribution is 5.78. The highest BCUT2D eigenvalue weighted by Gasteiger charge is 2.31. The third-order valence-electron chi connectivity index (χ3n) is 5.06. The fourth-order valence-corrected chi connectivity index (χ4v) is 3.64. The average molecular weight is 337 g/mol. The predicted molar refractivity (Wildman–Crippen MR) is 87.2 cm³/mol. The average Bonchev–Trinajstić information content (AvgIpc) is 3.07. The molecule has 0 saturated heterocycles. The van der Waals surface area contributed by atoms with Gasteiger partial charge in [-0.05, 0) is 48.4 Å². The van der Waals surface area contributed by atoms with Crippen LogP contribution in [0, 0.1) is 5.92 Å². The van der Waals surface area contributed by atoms with Gasteiger partial charge in [0.2, 0.25) is 5.91 Å². The van der Waals surface area contributed by atoms with Gasteiger partial charge in [0.25, 0.3) is 0 Å². The Bertz CT molecular complexity index is 630. The van der Waals surface area contributed by atoms with E-state index >= 15 is 0 Å². The van der Waals surface area contributed by atoms with E-state index < -0.39 is 11.7 Å². The van der Waals surface area contributed by atoms with E-state index in [1.54, 1.807) is 6.07 Å². The number of nitrogens with zero attached hydrogens (tertiary/aromatic N) is 1. The molecule has 5 heteroatoms. The van der Waals surface area contributed by atoms with Crippen molar-refractivity contribution < 1.29 is 18.0 Å². The van der Waals surface area contributed by atoms with Gasteiger partial charge in [0, 0.05) is 19.5 Å². The Labute approximate surface area is 140 Å². The Morgan fingerprint density at radius 1 is 1.21 bits per heavy atom. The van der Waals surface area contributed by atoms with Gasteiger partial charge in [-0.15, -0.1) is 0 Å². The quantitative estimate of drug-likeness (QED) is 0.768. The molecule has 1 amide bonds. The number of hydrogen-bond acceptors (Lipinski definition) is 1. The van der Waals surface area contributed by atoms with Crippen LogP contribution in [0.15, 0.2) is 30.3 Å². The topological polar surface area (TPSA) is 20.3 Å². The van der Waals surface area contributed by atoms with Crippen molar-refractivity contribution in [3.05, 3.63) is 41.5 Å². The largest absolute Gasteiger partial charge is 0.416 e. The summed E-state index contributed by atoms with van der Waals surface area (Å²) in [6, 6.07) is 5.43. The summed E-state index contributed by atoms with van der Waals surface area (Å²) in [5.41, 5.74) is 0.874. The molecule has 0 spiro atoms. The Balaban J connectivity index is 1.64. The first-order valence-corrected chi connectivity index (χ1v) is 8.58. The normalized spacial score (nSPS) is 19.5. The van der Waals surface area contributed by atoms with E-state index in [-0.39, 0.29) is 5.91 Å². The fourth-order valence-electron chi connectivity index (χ4n) is 3.64. The van der Waals surface area contributed by atoms with Crippen LogP contribution in [0.5, 0.6) is 0 Å². The summed E-state index contributed by atoms with van der Waals surface area (Å²) in [4.78, 5) is 14.2. The summed E-state index contributed by atoms with van der Waals surface area (Å²) in [5, 5.41) is 0. The van der Waals surface area contributed by atoms with Gasteiger partial charge in [-0.2, -0.15) is 13.2 Å². The smallest absolute Gasteiger partial charge is 0.339 e. The van der Waals surface area contributed by atoms with Crippen LogP contribution < -0.4 is 0 Å². The first-order chi connectivity index (χ1) is 11.4. The molecule has 1 saturated carbocycles. The van der Waals surface area contributed by atoms with Crippen molar-refractivity contribution in [3.63, 3.8) is 0 Å². The Morgan fingerprint density at radius 2 is 1.96 bits per heavy atom. The number of rotatable bonds is 3. The van der Waals surface area contributed by atoms with Crippen LogP contribution in [0.25, 0.3) is 5.57 Å². The van der Waals surface area contributed by atoms with Crippen LogP contribution >= 0.6 is 0 Å². The van der Waals surface area contributed by atoms with Crippen LogP contribution in [0.1, 0.15) is 49.7 Å². The molecule has 1 aliphatic heterocycles. The number of halogens is 3. The zero-order chi connectivity index (χ0) is 17.2. The standard InChI is InChI=1S/C19H22F3NO/c20-19(21,22)17-7-3-6-16(13-17)15-8-10-23(11-9-15)18(24)12-14-4-1-2-5-14/h3,6-8,13-14H,1-2,4-5,9-12H2. The molecular formula is C19H22F3NO. The highest BCUT2D eigenvalue weighted by atomic mass is 19.4. The number of benzene rings is 1. The van der Waals surface area contributed by atoms with E-state index in [0.717, 1.165) is 24.5 Å². The maximum absolute atomic E-state index is 12.8. The zero-order valence-corrected chi connectivity index (χ0v) is 13.6. The monoisotopic (exact) mass is 337 g/mol. The molecule has 130 valence electrons. The summed E-state index contributed by atoms with van der Waals surface area (Å²) in [5.74, 6) is 0.701. The van der Waals surface area contributed by atoms with Crippen molar-refractivity contribution in [3.8, 4) is 0 Å². The molecule has 1 aromatic rings. The van der Waals surface area contributed by atoms with Gasteiger partial charge in [0.15, 0.2) is 0 Å². The first-order valence-electron chi connectivity index (χ1n) is 8.58. The number of hydrogen-bond donors (Lipinski definition) is 0. The van der Waals surface area contributed by atoms with Crippen molar-refractivity contribution in [1.29, 1.82) is 0 Å². The second kappa shape index (κ2) is 6.99. The van der Waals surface area contributed by atoms with E-state index in [1.165, 1.54) is 25.0 Å². The highest BCUT2D eigenvalue weighted by Crippen LogP contribution is 2.33. The summed E-state index contributed by atoms with van der Waals surface area (Å²) in [6.45, 7) is 1.09. The minimum absolute atomic E-state index is 0.182. The van der Waals surface area contributed by atoms with Crippen LogP contribution in [-0.4, -0.2) is 23.9 Å². The lowest BCUT2D eigenvalue weighted by Gasteiger charge is -2.28. The van der Waals surface area contributed by atoms with Gasteiger partial charge in [0.1, 0.15) is 0 Å². The Morgan fingerprint density at radius 3 is 2.58 bits per heavy atom. The van der Waals surface area contributed by atoms with Gasteiger partial charge in [-0.25, -0.2) is 0 Å². The van der Waals surface area contributed by atoms with E-state index in [4.69, 9.17) is 0 Å². The van der Waals surface area contributed by atoms with Gasteiger partial charge in [-0.1, -0.05) is 31.1 Å². The zero-order valence-electron chi connectivity index (χ0n) is 13.6. The molecule has 2 aliphatic rings. The molecule has 24 heavy (non-hydrogen) atoms. The van der Waals surface area contributed by atoms with Gasteiger partial charge in [0.05, 0.1) is 5.56 Å². The number of alkyl halides is 3. The van der Waals surface area contributed by atoms with E-state index in [9.17, 15) is 18.0 Å². The minimum atomic E-state index is -4.32. The maximum atomic E-state index is 12.8. The molecule has 2 nitrogen and oxygen atoms in total. The van der Waals surface area contributed by atoms with Crippen molar-refractivity contribution in [2.24, 2.45) is 5.92 Å². The molecular weight excluding hydrogens is 315 g/mol. The number of carbonyl (C=O) groups is 1. The van der Waals surface area contributed by atoms with E-state index in [0.29, 0.717) is 37.4 Å². The Kier molecular flexibility index (Phi) is 4.97. The third-order valence-corrected chi connectivity index (χ3v) is 5.06. The molecule has 0 atom stereocenters. The summed E-state index contributed by atoms with van der Waals surface area (Å²) in [7, 11) is 0. The van der Waals surface area contributed by atoms with Gasteiger partial charge in [-0.3, -0.25) is 4.79 Å². The minimum Gasteiger partial charge on any atom is -0.339 e. The summed E-state index contributed by atoms with van der Waals surface area (Å²) in [6.07, 6.45) is 3.52. The van der Waals surface area contributed by atoms with Crippen molar-refractivity contribution >= 4 is 11.5 Å². The van der Waals surface area contributed by atoms with Crippen LogP contribution in [0.4, 0.5) is 13.2 Å². The predicted octanol–water partition coefficient (Wildman–Crippen LogP) is 4.90. The number of amides is 1. The van der Waals surface area contributed by atoms with Crippen molar-refractivity contribution in [1.82, 2.24) is 4.90 Å². The fraction of sp³-hybridized carbons (Fsp3) is 0.526. The lowest BCUT2D eigenvalue weighted by atomic mass is 9.96. The molecule has 0 bridgehead atoms. The van der Waals surface area contributed by atoms with Crippen molar-refractivity contribution in [2.45, 2.75) is 44.7 Å². The molecule has 1 fully saturated rings. The van der Waals surface area contributed by atoms with Gasteiger partial charge < -0.3 is 4.90 Å². The molecule has 1 aliphatic carbocycles. The van der Waals surface area contributed by atoms with Gasteiger partial charge >= 0.3 is 6.18 Å². The lowest BCUT2D eigenvalue weighted by molar-refractivity contribution is -0.137. The summed E-state index contributed by atoms with van der Waals surface area (Å²) < 4.78 is 38.5. The molecule has 1 aromatic carbocycles. The third kappa shape index (κ3) is 4.00. The Hall–Kier alpha value is -1.78. The molecule has 1 heterocycles. The molecule has 0 unspecified atom stereocenters. The van der Waals surface area contributed by atoms with Crippen LogP contribution in [0.3, 0.4) is 0 Å². The first kappa shape index (κ1) is 17.1. The second-order valence-electron chi connectivity index (χ2n) is 6.75. The van der Waals surface area contributed by atoms with E-state index in [2.05, 4.69) is 0 Å². The SMILES string of the molecule is O=C(CC1CCCC1)N1CC=C(c2cccc(C(F)(F)F)c2)CC1. The van der Waals surface area contributed by atoms with Crippen molar-refractivity contribution in [2.75, 3.05) is 13.1 Å². The maximum Gasteiger partial charge on any atom is 0.416 e. The van der Waals surface area contributed by atoms with Crippen LogP contribution in [0.2, 0.25) is 0 Å². The molecule has 0 N–H and O–H groups in total. The summed E-state index contributed by atoms with van der Waals surface area (Å²) >= 11 is 0. The molecule has 0 aromatic heterocycles. The molecule has 0 radical (unpaired) electrons. The van der Waals surface area contributed by atoms with Crippen LogP contribution in [-0.2, 0) is 11.0 Å². The molecule has 3 rings (SSSR count). The second-order valence-corrected chi connectivity index (χ2v) is 6.75. The lowest BCUT2D eigenvalue weighted by Crippen LogP contribution is -2.35.